The summed E-state index contributed by atoms with van der Waals surface area (Å²) in [5.74, 6) is -1.73. The van der Waals surface area contributed by atoms with Crippen molar-refractivity contribution in [3.8, 4) is 0 Å². The number of fused-ring (bicyclic) bond motifs is 1. The average molecular weight is 415 g/mol. The highest BCUT2D eigenvalue weighted by atomic mass is 16.5. The van der Waals surface area contributed by atoms with E-state index in [-0.39, 0.29) is 0 Å². The lowest BCUT2D eigenvalue weighted by Gasteiger charge is -2.21. The van der Waals surface area contributed by atoms with Crippen molar-refractivity contribution < 1.29 is 23.9 Å². The molecule has 0 bridgehead atoms. The standard InChI is InChI=1S/C22H29N3O5/c1-4-5-11-22(3)20(28)25(21(29)24-22)13-18(26)30-14(2)19(27)23-17-10-9-15-7-6-8-16(15)12-17/h9-10,12,14H,4-8,11,13H2,1-3H3,(H,23,27)(H,24,29)/t14-,22+/m0/s1. The molecule has 2 N–H and O–H groups in total. The zero-order chi connectivity index (χ0) is 21.9. The Kier molecular flexibility index (Phi) is 6.43. The number of unbranched alkanes of at least 4 members (excludes halogenated alkanes) is 1. The van der Waals surface area contributed by atoms with Crippen LogP contribution in [0.2, 0.25) is 0 Å². The predicted octanol–water partition coefficient (Wildman–Crippen LogP) is 2.55. The van der Waals surface area contributed by atoms with Crippen LogP contribution in [0, 0.1) is 0 Å². The molecule has 1 heterocycles. The van der Waals surface area contributed by atoms with Crippen LogP contribution in [0.25, 0.3) is 0 Å². The molecule has 0 saturated carbocycles. The van der Waals surface area contributed by atoms with E-state index >= 15 is 0 Å². The van der Waals surface area contributed by atoms with Crippen LogP contribution in [0.15, 0.2) is 18.2 Å². The normalized spacial score (nSPS) is 21.2. The Hall–Kier alpha value is -2.90. The predicted molar refractivity (Wildman–Crippen MR) is 111 cm³/mol. The Balaban J connectivity index is 1.53. The molecule has 1 aliphatic carbocycles. The van der Waals surface area contributed by atoms with Gasteiger partial charge in [-0.15, -0.1) is 0 Å². The summed E-state index contributed by atoms with van der Waals surface area (Å²) in [6.45, 7) is 4.58. The van der Waals surface area contributed by atoms with Gasteiger partial charge >= 0.3 is 12.0 Å². The number of nitrogens with one attached hydrogen (secondary N) is 2. The third-order valence-corrected chi connectivity index (χ3v) is 5.71. The van der Waals surface area contributed by atoms with Gasteiger partial charge in [0.25, 0.3) is 11.8 Å². The quantitative estimate of drug-likeness (QED) is 0.501. The van der Waals surface area contributed by atoms with Gasteiger partial charge < -0.3 is 15.4 Å². The van der Waals surface area contributed by atoms with Gasteiger partial charge in [-0.05, 0) is 62.8 Å². The van der Waals surface area contributed by atoms with Gasteiger partial charge in [-0.3, -0.25) is 19.3 Å². The molecule has 1 aromatic carbocycles. The number of imide groups is 1. The second-order valence-electron chi connectivity index (χ2n) is 8.22. The van der Waals surface area contributed by atoms with Gasteiger partial charge in [0.05, 0.1) is 0 Å². The molecule has 0 unspecified atom stereocenters. The third kappa shape index (κ3) is 4.63. The maximum Gasteiger partial charge on any atom is 0.327 e. The zero-order valence-corrected chi connectivity index (χ0v) is 17.7. The number of carbonyl (C=O) groups excluding carboxylic acids is 4. The maximum atomic E-state index is 12.6. The van der Waals surface area contributed by atoms with Crippen molar-refractivity contribution in [2.45, 2.75) is 70.9 Å². The van der Waals surface area contributed by atoms with Crippen LogP contribution in [0.4, 0.5) is 10.5 Å². The third-order valence-electron chi connectivity index (χ3n) is 5.71. The topological polar surface area (TPSA) is 105 Å². The van der Waals surface area contributed by atoms with Gasteiger partial charge in [-0.2, -0.15) is 0 Å². The molecule has 30 heavy (non-hydrogen) atoms. The van der Waals surface area contributed by atoms with Crippen LogP contribution < -0.4 is 10.6 Å². The number of hydrogen-bond acceptors (Lipinski definition) is 5. The van der Waals surface area contributed by atoms with Crippen molar-refractivity contribution in [2.24, 2.45) is 0 Å². The summed E-state index contributed by atoms with van der Waals surface area (Å²) in [6.07, 6.45) is 4.27. The molecule has 1 aromatic rings. The van der Waals surface area contributed by atoms with E-state index in [4.69, 9.17) is 4.74 Å². The number of anilines is 1. The Morgan fingerprint density at radius 3 is 2.73 bits per heavy atom. The Morgan fingerprint density at radius 1 is 1.27 bits per heavy atom. The molecule has 1 saturated heterocycles. The molecule has 1 fully saturated rings. The first kappa shape index (κ1) is 21.8. The minimum Gasteiger partial charge on any atom is -0.451 e. The van der Waals surface area contributed by atoms with Crippen molar-refractivity contribution >= 4 is 29.5 Å². The van der Waals surface area contributed by atoms with Gasteiger partial charge in [0.1, 0.15) is 12.1 Å². The summed E-state index contributed by atoms with van der Waals surface area (Å²) in [5, 5.41) is 5.40. The largest absolute Gasteiger partial charge is 0.451 e. The zero-order valence-electron chi connectivity index (χ0n) is 17.7. The van der Waals surface area contributed by atoms with Gasteiger partial charge in [0.2, 0.25) is 0 Å². The minimum absolute atomic E-state index is 0.451. The smallest absolute Gasteiger partial charge is 0.327 e. The van der Waals surface area contributed by atoms with Crippen molar-refractivity contribution in [1.82, 2.24) is 10.2 Å². The fourth-order valence-electron chi connectivity index (χ4n) is 3.90. The number of rotatable bonds is 8. The molecule has 0 spiro atoms. The van der Waals surface area contributed by atoms with Crippen molar-refractivity contribution in [3.63, 3.8) is 0 Å². The van der Waals surface area contributed by atoms with Crippen LogP contribution in [-0.2, 0) is 32.0 Å². The van der Waals surface area contributed by atoms with Crippen LogP contribution in [-0.4, -0.2) is 46.9 Å². The van der Waals surface area contributed by atoms with Crippen LogP contribution >= 0.6 is 0 Å². The molecular formula is C22H29N3O5. The number of hydrogen-bond donors (Lipinski definition) is 2. The Labute approximate surface area is 176 Å². The van der Waals surface area contributed by atoms with Crippen LogP contribution in [0.5, 0.6) is 0 Å². The molecule has 162 valence electrons. The van der Waals surface area contributed by atoms with Gasteiger partial charge in [0.15, 0.2) is 6.10 Å². The summed E-state index contributed by atoms with van der Waals surface area (Å²) in [7, 11) is 0. The van der Waals surface area contributed by atoms with Crippen molar-refractivity contribution in [2.75, 3.05) is 11.9 Å². The van der Waals surface area contributed by atoms with Crippen molar-refractivity contribution in [1.29, 1.82) is 0 Å². The molecular weight excluding hydrogens is 386 g/mol. The Bertz CT molecular complexity index is 868. The number of benzene rings is 1. The lowest BCUT2D eigenvalue weighted by atomic mass is 9.95. The summed E-state index contributed by atoms with van der Waals surface area (Å²) in [5.41, 5.74) is 2.17. The summed E-state index contributed by atoms with van der Waals surface area (Å²) in [4.78, 5) is 50.2. The maximum absolute atomic E-state index is 12.6. The molecule has 8 heteroatoms. The van der Waals surface area contributed by atoms with E-state index in [0.29, 0.717) is 12.1 Å². The molecule has 0 radical (unpaired) electrons. The van der Waals surface area contributed by atoms with E-state index in [0.717, 1.165) is 37.0 Å². The molecule has 8 nitrogen and oxygen atoms in total. The molecule has 0 aromatic heterocycles. The highest BCUT2D eigenvalue weighted by molar-refractivity contribution is 6.08. The first-order valence-electron chi connectivity index (χ1n) is 10.5. The Morgan fingerprint density at radius 2 is 2.00 bits per heavy atom. The molecule has 4 amide bonds. The van der Waals surface area contributed by atoms with E-state index in [2.05, 4.69) is 10.6 Å². The van der Waals surface area contributed by atoms with Gasteiger partial charge in [0, 0.05) is 5.69 Å². The second kappa shape index (κ2) is 8.85. The number of amides is 4. The summed E-state index contributed by atoms with van der Waals surface area (Å²) >= 11 is 0. The highest BCUT2D eigenvalue weighted by Gasteiger charge is 2.48. The first-order chi connectivity index (χ1) is 14.2. The second-order valence-corrected chi connectivity index (χ2v) is 8.22. The fourth-order valence-corrected chi connectivity index (χ4v) is 3.90. The summed E-state index contributed by atoms with van der Waals surface area (Å²) in [6, 6.07) is 5.16. The number of carbonyl (C=O) groups is 4. The van der Waals surface area contributed by atoms with E-state index in [9.17, 15) is 19.2 Å². The molecule has 2 aliphatic rings. The lowest BCUT2D eigenvalue weighted by molar-refractivity contribution is -0.155. The lowest BCUT2D eigenvalue weighted by Crippen LogP contribution is -2.44. The summed E-state index contributed by atoms with van der Waals surface area (Å²) < 4.78 is 5.16. The minimum atomic E-state index is -1.06. The van der Waals surface area contributed by atoms with Gasteiger partial charge in [-0.25, -0.2) is 4.79 Å². The number of aryl methyl sites for hydroxylation is 2. The van der Waals surface area contributed by atoms with E-state index in [1.54, 1.807) is 6.92 Å². The molecule has 2 atom stereocenters. The number of esters is 1. The van der Waals surface area contributed by atoms with E-state index < -0.39 is 42.0 Å². The van der Waals surface area contributed by atoms with Gasteiger partial charge in [-0.1, -0.05) is 25.8 Å². The monoisotopic (exact) mass is 415 g/mol. The van der Waals surface area contributed by atoms with E-state index in [1.807, 2.05) is 25.1 Å². The number of ether oxygens (including phenoxy) is 1. The fraction of sp³-hybridized carbons (Fsp3) is 0.545. The average Bonchev–Trinajstić information content (AvgIpc) is 3.24. The van der Waals surface area contributed by atoms with Crippen molar-refractivity contribution in [3.05, 3.63) is 29.3 Å². The van der Waals surface area contributed by atoms with Crippen LogP contribution in [0.3, 0.4) is 0 Å². The number of nitrogens with zero attached hydrogens (tertiary/aromatic N) is 1. The van der Waals surface area contributed by atoms with Crippen LogP contribution in [0.1, 0.15) is 57.6 Å². The molecule has 1 aliphatic heterocycles. The molecule has 3 rings (SSSR count). The highest BCUT2D eigenvalue weighted by Crippen LogP contribution is 2.25. The number of urea groups is 1. The van der Waals surface area contributed by atoms with E-state index in [1.165, 1.54) is 18.1 Å². The first-order valence-corrected chi connectivity index (χ1v) is 10.5. The SMILES string of the molecule is CCCC[C@@]1(C)NC(=O)N(CC(=O)O[C@@H](C)C(=O)Nc2ccc3c(c2)CCC3)C1=O.